The van der Waals surface area contributed by atoms with Gasteiger partial charge in [-0.05, 0) is 45.1 Å². The minimum atomic E-state index is -0.358. The highest BCUT2D eigenvalue weighted by molar-refractivity contribution is 6.62. The Morgan fingerprint density at radius 2 is 1.73 bits per heavy atom. The van der Waals surface area contributed by atoms with Gasteiger partial charge >= 0.3 is 7.12 Å². The van der Waals surface area contributed by atoms with Crippen LogP contribution in [0.25, 0.3) is 5.65 Å². The third kappa shape index (κ3) is 2.54. The smallest absolute Gasteiger partial charge is 0.399 e. The normalized spacial score (nSPS) is 20.2. The standard InChI is InChI=1S/C16H24BN3O2/c1-11(2)9-14-19-18-13-8-7-12(10-20(13)14)17-21-15(3,4)16(5,6)22-17/h7-8,10-11H,9H2,1-6H3. The lowest BCUT2D eigenvalue weighted by molar-refractivity contribution is 0.00578. The van der Waals surface area contributed by atoms with Crippen LogP contribution in [-0.4, -0.2) is 32.9 Å². The lowest BCUT2D eigenvalue weighted by Gasteiger charge is -2.32. The Kier molecular flexibility index (Phi) is 3.57. The van der Waals surface area contributed by atoms with Crippen LogP contribution in [0.15, 0.2) is 18.3 Å². The third-order valence-corrected chi connectivity index (χ3v) is 4.61. The number of nitrogens with zero attached hydrogens (tertiary/aromatic N) is 3. The van der Waals surface area contributed by atoms with Gasteiger partial charge in [-0.15, -0.1) is 10.2 Å². The molecule has 1 aliphatic rings. The van der Waals surface area contributed by atoms with Gasteiger partial charge in [-0.25, -0.2) is 0 Å². The van der Waals surface area contributed by atoms with Crippen molar-refractivity contribution < 1.29 is 9.31 Å². The maximum atomic E-state index is 6.12. The van der Waals surface area contributed by atoms with E-state index in [0.29, 0.717) is 5.92 Å². The first-order valence-electron chi connectivity index (χ1n) is 7.89. The molecule has 0 bridgehead atoms. The molecule has 0 spiro atoms. The van der Waals surface area contributed by atoms with E-state index in [1.165, 1.54) is 0 Å². The number of pyridine rings is 1. The van der Waals surface area contributed by atoms with Crippen molar-refractivity contribution in [2.75, 3.05) is 0 Å². The van der Waals surface area contributed by atoms with Crippen LogP contribution in [0, 0.1) is 5.92 Å². The summed E-state index contributed by atoms with van der Waals surface area (Å²) in [6.07, 6.45) is 2.93. The molecule has 118 valence electrons. The molecule has 0 saturated carbocycles. The molecule has 1 aliphatic heterocycles. The van der Waals surface area contributed by atoms with Crippen LogP contribution in [0.3, 0.4) is 0 Å². The Morgan fingerprint density at radius 3 is 2.32 bits per heavy atom. The molecule has 0 atom stereocenters. The predicted octanol–water partition coefficient (Wildman–Crippen LogP) is 2.23. The molecule has 5 nitrogen and oxygen atoms in total. The van der Waals surface area contributed by atoms with Gasteiger partial charge in [0.2, 0.25) is 0 Å². The number of hydrogen-bond acceptors (Lipinski definition) is 4. The zero-order valence-corrected chi connectivity index (χ0v) is 14.3. The zero-order chi connectivity index (χ0) is 16.1. The van der Waals surface area contributed by atoms with Crippen LogP contribution in [0.5, 0.6) is 0 Å². The van der Waals surface area contributed by atoms with Crippen molar-refractivity contribution in [3.63, 3.8) is 0 Å². The molecule has 3 rings (SSSR count). The van der Waals surface area contributed by atoms with Gasteiger partial charge in [0, 0.05) is 12.6 Å². The van der Waals surface area contributed by atoms with E-state index in [-0.39, 0.29) is 18.3 Å². The average molecular weight is 301 g/mol. The van der Waals surface area contributed by atoms with Gasteiger partial charge in [-0.1, -0.05) is 19.9 Å². The molecule has 1 fully saturated rings. The largest absolute Gasteiger partial charge is 0.496 e. The molecule has 0 unspecified atom stereocenters. The summed E-state index contributed by atoms with van der Waals surface area (Å²) in [5.41, 5.74) is 1.19. The van der Waals surface area contributed by atoms with E-state index in [9.17, 15) is 0 Å². The second-order valence-electron chi connectivity index (χ2n) is 7.49. The van der Waals surface area contributed by atoms with Crippen LogP contribution >= 0.6 is 0 Å². The maximum Gasteiger partial charge on any atom is 0.496 e. The zero-order valence-electron chi connectivity index (χ0n) is 14.3. The van der Waals surface area contributed by atoms with Gasteiger partial charge in [0.25, 0.3) is 0 Å². The van der Waals surface area contributed by atoms with Crippen molar-refractivity contribution in [3.8, 4) is 0 Å². The highest BCUT2D eigenvalue weighted by Gasteiger charge is 2.51. The molecule has 3 heterocycles. The summed E-state index contributed by atoms with van der Waals surface area (Å²) in [5.74, 6) is 1.51. The van der Waals surface area contributed by atoms with Crippen molar-refractivity contribution >= 4 is 18.2 Å². The van der Waals surface area contributed by atoms with Crippen molar-refractivity contribution in [2.24, 2.45) is 5.92 Å². The first kappa shape index (κ1) is 15.5. The van der Waals surface area contributed by atoms with Crippen molar-refractivity contribution in [1.29, 1.82) is 0 Å². The molecular formula is C16H24BN3O2. The molecule has 22 heavy (non-hydrogen) atoms. The van der Waals surface area contributed by atoms with Crippen LogP contribution in [0.2, 0.25) is 0 Å². The number of aromatic nitrogens is 3. The van der Waals surface area contributed by atoms with E-state index in [1.54, 1.807) is 0 Å². The molecule has 0 aromatic carbocycles. The van der Waals surface area contributed by atoms with Crippen molar-refractivity contribution in [2.45, 2.75) is 59.2 Å². The fourth-order valence-corrected chi connectivity index (χ4v) is 2.58. The first-order chi connectivity index (χ1) is 10.2. The van der Waals surface area contributed by atoms with Crippen LogP contribution in [-0.2, 0) is 15.7 Å². The van der Waals surface area contributed by atoms with Gasteiger partial charge in [0.1, 0.15) is 5.82 Å². The summed E-state index contributed by atoms with van der Waals surface area (Å²) in [6, 6.07) is 3.97. The van der Waals surface area contributed by atoms with Crippen LogP contribution < -0.4 is 5.46 Å². The van der Waals surface area contributed by atoms with Crippen molar-refractivity contribution in [1.82, 2.24) is 14.6 Å². The fourth-order valence-electron chi connectivity index (χ4n) is 2.58. The lowest BCUT2D eigenvalue weighted by atomic mass is 9.80. The monoisotopic (exact) mass is 301 g/mol. The molecular weight excluding hydrogens is 277 g/mol. The summed E-state index contributed by atoms with van der Waals surface area (Å²) >= 11 is 0. The second kappa shape index (κ2) is 5.06. The van der Waals surface area contributed by atoms with E-state index >= 15 is 0 Å². The molecule has 0 N–H and O–H groups in total. The van der Waals surface area contributed by atoms with Crippen LogP contribution in [0.1, 0.15) is 47.4 Å². The van der Waals surface area contributed by atoms with Gasteiger partial charge in [-0.2, -0.15) is 0 Å². The Balaban J connectivity index is 1.96. The maximum absolute atomic E-state index is 6.12. The summed E-state index contributed by atoms with van der Waals surface area (Å²) in [4.78, 5) is 0. The molecule has 2 aromatic heterocycles. The number of fused-ring (bicyclic) bond motifs is 1. The summed E-state index contributed by atoms with van der Waals surface area (Å²) < 4.78 is 14.3. The molecule has 0 radical (unpaired) electrons. The molecule has 1 saturated heterocycles. The summed E-state index contributed by atoms with van der Waals surface area (Å²) in [6.45, 7) is 12.6. The molecule has 2 aromatic rings. The van der Waals surface area contributed by atoms with E-state index in [4.69, 9.17) is 9.31 Å². The minimum Gasteiger partial charge on any atom is -0.399 e. The molecule has 6 heteroatoms. The van der Waals surface area contributed by atoms with Crippen molar-refractivity contribution in [3.05, 3.63) is 24.2 Å². The second-order valence-corrected chi connectivity index (χ2v) is 7.49. The van der Waals surface area contributed by atoms with E-state index < -0.39 is 0 Å². The van der Waals surface area contributed by atoms with Gasteiger partial charge in [-0.3, -0.25) is 4.40 Å². The Hall–Kier alpha value is -1.40. The fraction of sp³-hybridized carbons (Fsp3) is 0.625. The number of hydrogen-bond donors (Lipinski definition) is 0. The van der Waals surface area contributed by atoms with E-state index in [0.717, 1.165) is 23.4 Å². The SMILES string of the molecule is CC(C)Cc1nnc2ccc(B3OC(C)(C)C(C)(C)O3)cn12. The number of rotatable bonds is 3. The van der Waals surface area contributed by atoms with Gasteiger partial charge in [0.05, 0.1) is 11.2 Å². The Labute approximate surface area is 132 Å². The summed E-state index contributed by atoms with van der Waals surface area (Å²) in [5, 5.41) is 8.52. The van der Waals surface area contributed by atoms with E-state index in [2.05, 4.69) is 51.7 Å². The quantitative estimate of drug-likeness (QED) is 0.816. The topological polar surface area (TPSA) is 48.7 Å². The lowest BCUT2D eigenvalue weighted by Crippen LogP contribution is -2.41. The van der Waals surface area contributed by atoms with Crippen LogP contribution in [0.4, 0.5) is 0 Å². The Morgan fingerprint density at radius 1 is 1.09 bits per heavy atom. The Bertz CT molecular complexity index is 678. The minimum absolute atomic E-state index is 0.333. The molecule has 0 aliphatic carbocycles. The highest BCUT2D eigenvalue weighted by atomic mass is 16.7. The van der Waals surface area contributed by atoms with Gasteiger partial charge in [0.15, 0.2) is 5.65 Å². The first-order valence-corrected chi connectivity index (χ1v) is 7.89. The van der Waals surface area contributed by atoms with Gasteiger partial charge < -0.3 is 9.31 Å². The summed E-state index contributed by atoms with van der Waals surface area (Å²) in [7, 11) is -0.358. The average Bonchev–Trinajstić information content (AvgIpc) is 2.88. The highest BCUT2D eigenvalue weighted by Crippen LogP contribution is 2.36. The molecule has 0 amide bonds. The predicted molar refractivity (Wildman–Crippen MR) is 87.2 cm³/mol. The van der Waals surface area contributed by atoms with E-state index in [1.807, 2.05) is 22.7 Å². The third-order valence-electron chi connectivity index (χ3n) is 4.61.